The summed E-state index contributed by atoms with van der Waals surface area (Å²) in [6, 6.07) is -0.0455. The Balaban J connectivity index is 2.49. The maximum absolute atomic E-state index is 8.02. The van der Waals surface area contributed by atoms with Gasteiger partial charge < -0.3 is 11.1 Å². The largest absolute Gasteiger partial charge is 0.326 e. The zero-order valence-corrected chi connectivity index (χ0v) is 4.99. The molecule has 0 amide bonds. The van der Waals surface area contributed by atoms with Gasteiger partial charge in [0.15, 0.2) is 0 Å². The zero-order valence-electron chi connectivity index (χ0n) is 4.99. The second-order valence-corrected chi connectivity index (χ2v) is 2.09. The summed E-state index contributed by atoms with van der Waals surface area (Å²) in [4.78, 5) is 2.67. The van der Waals surface area contributed by atoms with Crippen molar-refractivity contribution in [2.45, 2.75) is 12.1 Å². The summed E-state index contributed by atoms with van der Waals surface area (Å²) in [6.07, 6.45) is 0. The molecular weight excluding hydrogens is 118 g/mol. The smallest absolute Gasteiger partial charge is 0.0662 e. The minimum Gasteiger partial charge on any atom is -0.326 e. The van der Waals surface area contributed by atoms with Crippen LogP contribution in [0.1, 0.15) is 0 Å². The summed E-state index contributed by atoms with van der Waals surface area (Å²) in [5, 5.41) is 6.51. The van der Waals surface area contributed by atoms with Crippen LogP contribution in [0.15, 0.2) is 5.11 Å². The highest BCUT2D eigenvalue weighted by molar-refractivity contribution is 4.89. The van der Waals surface area contributed by atoms with E-state index < -0.39 is 0 Å². The Labute approximate surface area is 52.9 Å². The lowest BCUT2D eigenvalue weighted by molar-refractivity contribution is 0.638. The molecule has 1 rings (SSSR count). The van der Waals surface area contributed by atoms with Gasteiger partial charge in [-0.1, -0.05) is 5.11 Å². The number of hydrogen-bond donors (Lipinski definition) is 2. The molecule has 0 aromatic carbocycles. The summed E-state index contributed by atoms with van der Waals surface area (Å²) in [5.74, 6) is 0. The molecule has 5 heteroatoms. The number of rotatable bonds is 1. The molecule has 2 atom stereocenters. The van der Waals surface area contributed by atoms with Crippen LogP contribution in [0.3, 0.4) is 0 Å². The highest BCUT2D eigenvalue weighted by atomic mass is 15.2. The Kier molecular flexibility index (Phi) is 1.89. The molecule has 50 valence electrons. The molecule has 1 saturated heterocycles. The summed E-state index contributed by atoms with van der Waals surface area (Å²) in [7, 11) is 0. The lowest BCUT2D eigenvalue weighted by Crippen LogP contribution is -2.31. The van der Waals surface area contributed by atoms with Gasteiger partial charge in [-0.05, 0) is 5.53 Å². The highest BCUT2D eigenvalue weighted by Gasteiger charge is 2.21. The van der Waals surface area contributed by atoms with E-state index in [0.29, 0.717) is 6.54 Å². The molecule has 0 bridgehead atoms. The Hall–Kier alpha value is -0.770. The number of azide groups is 1. The standard InChI is InChI=1S/C4H9N5/c5-3-1-7-2-4(3)8-9-6/h3-4,7H,1-2,5H2/t3-,4+/m1/s1. The molecule has 3 N–H and O–H groups in total. The van der Waals surface area contributed by atoms with Crippen LogP contribution in [-0.2, 0) is 0 Å². The van der Waals surface area contributed by atoms with Crippen molar-refractivity contribution in [1.82, 2.24) is 5.32 Å². The van der Waals surface area contributed by atoms with E-state index in [1.165, 1.54) is 0 Å². The third kappa shape index (κ3) is 1.32. The van der Waals surface area contributed by atoms with Crippen molar-refractivity contribution in [3.63, 3.8) is 0 Å². The second kappa shape index (κ2) is 2.68. The lowest BCUT2D eigenvalue weighted by atomic mass is 10.2. The van der Waals surface area contributed by atoms with E-state index in [1.54, 1.807) is 0 Å². The van der Waals surface area contributed by atoms with E-state index in [0.717, 1.165) is 6.54 Å². The van der Waals surface area contributed by atoms with Crippen LogP contribution in [0.5, 0.6) is 0 Å². The van der Waals surface area contributed by atoms with Gasteiger partial charge in [0.1, 0.15) is 0 Å². The molecule has 1 aliphatic rings. The normalized spacial score (nSPS) is 33.9. The van der Waals surface area contributed by atoms with Crippen LogP contribution in [0, 0.1) is 0 Å². The first-order chi connectivity index (χ1) is 4.34. The van der Waals surface area contributed by atoms with Crippen LogP contribution in [0.25, 0.3) is 10.4 Å². The quantitative estimate of drug-likeness (QED) is 0.285. The monoisotopic (exact) mass is 127 g/mol. The summed E-state index contributed by atoms with van der Waals surface area (Å²) >= 11 is 0. The van der Waals surface area contributed by atoms with Crippen molar-refractivity contribution in [2.75, 3.05) is 13.1 Å². The predicted molar refractivity (Wildman–Crippen MR) is 33.8 cm³/mol. The van der Waals surface area contributed by atoms with Gasteiger partial charge in [0.2, 0.25) is 0 Å². The molecule has 1 heterocycles. The van der Waals surface area contributed by atoms with Gasteiger partial charge >= 0.3 is 0 Å². The third-order valence-corrected chi connectivity index (χ3v) is 1.43. The zero-order chi connectivity index (χ0) is 6.69. The molecular formula is C4H9N5. The Bertz CT molecular complexity index is 138. The van der Waals surface area contributed by atoms with Crippen LogP contribution >= 0.6 is 0 Å². The van der Waals surface area contributed by atoms with Gasteiger partial charge in [0.05, 0.1) is 6.04 Å². The van der Waals surface area contributed by atoms with Crippen LogP contribution in [0.4, 0.5) is 0 Å². The van der Waals surface area contributed by atoms with Gasteiger partial charge in [-0.15, -0.1) is 0 Å². The Morgan fingerprint density at radius 2 is 2.44 bits per heavy atom. The van der Waals surface area contributed by atoms with Crippen molar-refractivity contribution in [1.29, 1.82) is 0 Å². The van der Waals surface area contributed by atoms with Gasteiger partial charge in [-0.3, -0.25) is 0 Å². The highest BCUT2D eigenvalue weighted by Crippen LogP contribution is 2.00. The van der Waals surface area contributed by atoms with E-state index in [2.05, 4.69) is 15.3 Å². The molecule has 0 saturated carbocycles. The first-order valence-electron chi connectivity index (χ1n) is 2.85. The SMILES string of the molecule is [N-]=[N+]=N[C@H]1CNC[C@H]1N. The molecule has 0 spiro atoms. The van der Waals surface area contributed by atoms with Crippen molar-refractivity contribution in [2.24, 2.45) is 10.8 Å². The molecule has 0 aliphatic carbocycles. The molecule has 0 radical (unpaired) electrons. The van der Waals surface area contributed by atoms with Crippen molar-refractivity contribution < 1.29 is 0 Å². The first kappa shape index (κ1) is 6.35. The number of hydrogen-bond acceptors (Lipinski definition) is 3. The fraction of sp³-hybridized carbons (Fsp3) is 1.00. The molecule has 0 aromatic rings. The number of nitrogens with one attached hydrogen (secondary N) is 1. The minimum absolute atomic E-state index is 0.000833. The van der Waals surface area contributed by atoms with Crippen molar-refractivity contribution in [3.8, 4) is 0 Å². The van der Waals surface area contributed by atoms with Gasteiger partial charge in [-0.2, -0.15) is 0 Å². The van der Waals surface area contributed by atoms with Gasteiger partial charge in [-0.25, -0.2) is 0 Å². The maximum Gasteiger partial charge on any atom is 0.0662 e. The average molecular weight is 127 g/mol. The molecule has 1 aliphatic heterocycles. The fourth-order valence-electron chi connectivity index (χ4n) is 0.878. The van der Waals surface area contributed by atoms with E-state index >= 15 is 0 Å². The maximum atomic E-state index is 8.02. The fourth-order valence-corrected chi connectivity index (χ4v) is 0.878. The third-order valence-electron chi connectivity index (χ3n) is 1.43. The number of nitrogens with two attached hydrogens (primary N) is 1. The van der Waals surface area contributed by atoms with E-state index in [9.17, 15) is 0 Å². The lowest BCUT2D eigenvalue weighted by Gasteiger charge is -2.03. The topological polar surface area (TPSA) is 86.8 Å². The van der Waals surface area contributed by atoms with Crippen LogP contribution in [-0.4, -0.2) is 25.2 Å². The van der Waals surface area contributed by atoms with Gasteiger partial charge in [0.25, 0.3) is 0 Å². The van der Waals surface area contributed by atoms with Crippen molar-refractivity contribution in [3.05, 3.63) is 10.4 Å². The summed E-state index contributed by atoms with van der Waals surface area (Å²) < 4.78 is 0. The van der Waals surface area contributed by atoms with Crippen molar-refractivity contribution >= 4 is 0 Å². The minimum atomic E-state index is -0.0463. The van der Waals surface area contributed by atoms with Crippen LogP contribution < -0.4 is 11.1 Å². The van der Waals surface area contributed by atoms with Gasteiger partial charge in [0, 0.05) is 24.0 Å². The summed E-state index contributed by atoms with van der Waals surface area (Å²) in [5.41, 5.74) is 13.6. The predicted octanol–water partition coefficient (Wildman–Crippen LogP) is -0.404. The molecule has 9 heavy (non-hydrogen) atoms. The average Bonchev–Trinajstić information content (AvgIpc) is 2.18. The molecule has 5 nitrogen and oxygen atoms in total. The summed E-state index contributed by atoms with van der Waals surface area (Å²) in [6.45, 7) is 1.47. The van der Waals surface area contributed by atoms with E-state index in [1.807, 2.05) is 0 Å². The molecule has 0 unspecified atom stereocenters. The van der Waals surface area contributed by atoms with Crippen LogP contribution in [0.2, 0.25) is 0 Å². The van der Waals surface area contributed by atoms with E-state index in [-0.39, 0.29) is 12.1 Å². The first-order valence-corrected chi connectivity index (χ1v) is 2.85. The Morgan fingerprint density at radius 3 is 2.89 bits per heavy atom. The number of nitrogens with zero attached hydrogens (tertiary/aromatic N) is 3. The molecule has 0 aromatic heterocycles. The Morgan fingerprint density at radius 1 is 1.67 bits per heavy atom. The molecule has 1 fully saturated rings. The van der Waals surface area contributed by atoms with E-state index in [4.69, 9.17) is 11.3 Å². The second-order valence-electron chi connectivity index (χ2n) is 2.09.